The van der Waals surface area contributed by atoms with E-state index in [0.29, 0.717) is 19.3 Å². The fourth-order valence-electron chi connectivity index (χ4n) is 2.42. The molecule has 0 unspecified atom stereocenters. The molecule has 7 nitrogen and oxygen atoms in total. The first-order valence-corrected chi connectivity index (χ1v) is 7.13. The number of carboxylic acids is 1. The van der Waals surface area contributed by atoms with Gasteiger partial charge < -0.3 is 15.2 Å². The Bertz CT molecular complexity index is 420. The molecule has 1 rings (SSSR count). The van der Waals surface area contributed by atoms with Crippen LogP contribution in [0.4, 0.5) is 0 Å². The maximum absolute atomic E-state index is 11.7. The van der Waals surface area contributed by atoms with Crippen LogP contribution in [0.3, 0.4) is 0 Å². The molecule has 1 fully saturated rings. The molecule has 118 valence electrons. The maximum Gasteiger partial charge on any atom is 0.326 e. The number of ketones is 1. The minimum absolute atomic E-state index is 0.0262. The highest BCUT2D eigenvalue weighted by Crippen LogP contribution is 2.24. The van der Waals surface area contributed by atoms with Gasteiger partial charge in [-0.3, -0.25) is 14.4 Å². The van der Waals surface area contributed by atoms with E-state index in [2.05, 4.69) is 5.32 Å². The minimum Gasteiger partial charge on any atom is -0.480 e. The van der Waals surface area contributed by atoms with Gasteiger partial charge in [0, 0.05) is 19.3 Å². The number of rotatable bonds is 7. The molecule has 1 amide bonds. The Hall–Kier alpha value is -1.92. The fraction of sp³-hybridized carbons (Fsp3) is 0.714. The van der Waals surface area contributed by atoms with Crippen LogP contribution in [0.2, 0.25) is 0 Å². The molecule has 0 aliphatic heterocycles. The standard InChI is InChI=1S/C14H21NO6/c1-2-21-12(18)7-6-11(17)15-13(14(19)20)9-4-3-5-10(16)8-9/h9,13H,2-8H2,1H3,(H,15,17)(H,19,20)/t9-,13+/m1/s1. The molecule has 2 N–H and O–H groups in total. The van der Waals surface area contributed by atoms with Crippen molar-refractivity contribution < 1.29 is 29.0 Å². The van der Waals surface area contributed by atoms with Crippen molar-refractivity contribution >= 4 is 23.6 Å². The van der Waals surface area contributed by atoms with Crippen LogP contribution in [-0.4, -0.2) is 41.4 Å². The molecule has 0 heterocycles. The number of carbonyl (C=O) groups excluding carboxylic acids is 3. The Morgan fingerprint density at radius 3 is 2.67 bits per heavy atom. The molecule has 1 saturated carbocycles. The number of esters is 1. The maximum atomic E-state index is 11.7. The van der Waals surface area contributed by atoms with E-state index in [1.807, 2.05) is 0 Å². The van der Waals surface area contributed by atoms with Gasteiger partial charge in [0.2, 0.25) is 5.91 Å². The first kappa shape index (κ1) is 17.1. The van der Waals surface area contributed by atoms with Gasteiger partial charge in [0.15, 0.2) is 0 Å². The van der Waals surface area contributed by atoms with E-state index < -0.39 is 23.9 Å². The first-order valence-electron chi connectivity index (χ1n) is 7.13. The zero-order valence-corrected chi connectivity index (χ0v) is 12.1. The molecular formula is C14H21NO6. The van der Waals surface area contributed by atoms with Crippen LogP contribution in [0.5, 0.6) is 0 Å². The van der Waals surface area contributed by atoms with Crippen LogP contribution < -0.4 is 5.32 Å². The number of carbonyl (C=O) groups is 4. The van der Waals surface area contributed by atoms with Crippen molar-refractivity contribution in [2.24, 2.45) is 5.92 Å². The molecule has 0 bridgehead atoms. The number of nitrogens with one attached hydrogen (secondary N) is 1. The van der Waals surface area contributed by atoms with Gasteiger partial charge in [0.1, 0.15) is 11.8 Å². The van der Waals surface area contributed by atoms with Crippen molar-refractivity contribution in [1.29, 1.82) is 0 Å². The SMILES string of the molecule is CCOC(=O)CCC(=O)N[C@H](C(=O)O)[C@@H]1CCCC(=O)C1. The molecule has 0 aromatic rings. The Balaban J connectivity index is 2.50. The van der Waals surface area contributed by atoms with Crippen LogP contribution in [0.15, 0.2) is 0 Å². The van der Waals surface area contributed by atoms with Crippen LogP contribution in [0.1, 0.15) is 45.4 Å². The van der Waals surface area contributed by atoms with Crippen molar-refractivity contribution in [2.75, 3.05) is 6.61 Å². The van der Waals surface area contributed by atoms with Gasteiger partial charge in [0.25, 0.3) is 0 Å². The Kier molecular flexibility index (Phi) is 6.84. The molecule has 0 saturated heterocycles. The van der Waals surface area contributed by atoms with Crippen LogP contribution in [0.25, 0.3) is 0 Å². The lowest BCUT2D eigenvalue weighted by atomic mass is 9.83. The Morgan fingerprint density at radius 2 is 2.10 bits per heavy atom. The molecule has 0 radical (unpaired) electrons. The van der Waals surface area contributed by atoms with E-state index in [9.17, 15) is 24.3 Å². The van der Waals surface area contributed by atoms with Crippen molar-refractivity contribution in [2.45, 2.75) is 51.5 Å². The number of amides is 1. The summed E-state index contributed by atoms with van der Waals surface area (Å²) in [5.41, 5.74) is 0. The smallest absolute Gasteiger partial charge is 0.326 e. The average molecular weight is 299 g/mol. The summed E-state index contributed by atoms with van der Waals surface area (Å²) in [5, 5.41) is 11.6. The van der Waals surface area contributed by atoms with E-state index in [0.717, 1.165) is 0 Å². The lowest BCUT2D eigenvalue weighted by molar-refractivity contribution is -0.145. The summed E-state index contributed by atoms with van der Waals surface area (Å²) in [6.45, 7) is 1.90. The van der Waals surface area contributed by atoms with Gasteiger partial charge >= 0.3 is 11.9 Å². The van der Waals surface area contributed by atoms with E-state index in [1.165, 1.54) is 0 Å². The normalized spacial score (nSPS) is 19.7. The van der Waals surface area contributed by atoms with Crippen LogP contribution in [0, 0.1) is 5.92 Å². The average Bonchev–Trinajstić information content (AvgIpc) is 2.42. The second-order valence-electron chi connectivity index (χ2n) is 5.08. The topological polar surface area (TPSA) is 110 Å². The molecule has 0 spiro atoms. The Morgan fingerprint density at radius 1 is 1.38 bits per heavy atom. The van der Waals surface area contributed by atoms with Crippen molar-refractivity contribution in [3.8, 4) is 0 Å². The zero-order chi connectivity index (χ0) is 15.8. The Labute approximate surface area is 123 Å². The number of hydrogen-bond donors (Lipinski definition) is 2. The summed E-state index contributed by atoms with van der Waals surface area (Å²) >= 11 is 0. The number of aliphatic carboxylic acids is 1. The molecule has 1 aliphatic rings. The molecule has 0 aromatic heterocycles. The summed E-state index contributed by atoms with van der Waals surface area (Å²) < 4.78 is 4.70. The van der Waals surface area contributed by atoms with Crippen molar-refractivity contribution in [3.05, 3.63) is 0 Å². The molecular weight excluding hydrogens is 278 g/mol. The second-order valence-corrected chi connectivity index (χ2v) is 5.08. The van der Waals surface area contributed by atoms with Gasteiger partial charge in [0.05, 0.1) is 13.0 Å². The highest BCUT2D eigenvalue weighted by molar-refractivity contribution is 5.87. The number of carboxylic acid groups (broad SMARTS) is 1. The summed E-state index contributed by atoms with van der Waals surface area (Å²) in [6, 6.07) is -1.08. The van der Waals surface area contributed by atoms with Crippen molar-refractivity contribution in [1.82, 2.24) is 5.32 Å². The summed E-state index contributed by atoms with van der Waals surface area (Å²) in [4.78, 5) is 45.5. The van der Waals surface area contributed by atoms with Crippen molar-refractivity contribution in [3.63, 3.8) is 0 Å². The van der Waals surface area contributed by atoms with Gasteiger partial charge in [-0.25, -0.2) is 4.79 Å². The number of Topliss-reactive ketones (excluding diaryl/α,β-unsaturated/α-hetero) is 1. The third-order valence-electron chi connectivity index (χ3n) is 3.44. The predicted octanol–water partition coefficient (Wildman–Crippen LogP) is 0.658. The number of hydrogen-bond acceptors (Lipinski definition) is 5. The molecule has 0 aromatic carbocycles. The molecule has 2 atom stereocenters. The minimum atomic E-state index is -1.15. The lowest BCUT2D eigenvalue weighted by Gasteiger charge is -2.27. The van der Waals surface area contributed by atoms with Gasteiger partial charge in [-0.1, -0.05) is 0 Å². The van der Waals surface area contributed by atoms with Crippen LogP contribution in [-0.2, 0) is 23.9 Å². The second kappa shape index (κ2) is 8.39. The monoisotopic (exact) mass is 299 g/mol. The summed E-state index contributed by atoms with van der Waals surface area (Å²) in [6.07, 6.45) is 1.68. The van der Waals surface area contributed by atoms with Gasteiger partial charge in [-0.15, -0.1) is 0 Å². The summed E-state index contributed by atoms with van der Waals surface area (Å²) in [7, 11) is 0. The van der Waals surface area contributed by atoms with E-state index in [-0.39, 0.29) is 37.6 Å². The van der Waals surface area contributed by atoms with E-state index in [1.54, 1.807) is 6.92 Å². The fourth-order valence-corrected chi connectivity index (χ4v) is 2.42. The quantitative estimate of drug-likeness (QED) is 0.668. The number of ether oxygens (including phenoxy) is 1. The third kappa shape index (κ3) is 5.93. The highest BCUT2D eigenvalue weighted by Gasteiger charge is 2.33. The lowest BCUT2D eigenvalue weighted by Crippen LogP contribution is -2.47. The predicted molar refractivity (Wildman–Crippen MR) is 72.4 cm³/mol. The first-order chi connectivity index (χ1) is 9.93. The molecule has 7 heteroatoms. The zero-order valence-electron chi connectivity index (χ0n) is 12.1. The third-order valence-corrected chi connectivity index (χ3v) is 3.44. The van der Waals surface area contributed by atoms with Crippen LogP contribution >= 0.6 is 0 Å². The largest absolute Gasteiger partial charge is 0.480 e. The van der Waals surface area contributed by atoms with Gasteiger partial charge in [-0.2, -0.15) is 0 Å². The molecule has 1 aliphatic carbocycles. The molecule has 21 heavy (non-hydrogen) atoms. The summed E-state index contributed by atoms with van der Waals surface area (Å²) in [5.74, 6) is -2.52. The van der Waals surface area contributed by atoms with E-state index >= 15 is 0 Å². The van der Waals surface area contributed by atoms with E-state index in [4.69, 9.17) is 4.74 Å². The van der Waals surface area contributed by atoms with Gasteiger partial charge in [-0.05, 0) is 25.7 Å². The highest BCUT2D eigenvalue weighted by atomic mass is 16.5.